The molecule has 0 aliphatic carbocycles. The standard InChI is InChI=1S/C15H15ClN2O3/c1-15(10-19,11-6-3-2-4-7-11)17-14-12(16)8-5-9-13(14)18(20)21/h2-9,17,19H,10H2,1H3. The van der Waals surface area contributed by atoms with E-state index < -0.39 is 10.5 Å². The highest BCUT2D eigenvalue weighted by Gasteiger charge is 2.29. The number of rotatable bonds is 5. The lowest BCUT2D eigenvalue weighted by Gasteiger charge is -2.30. The van der Waals surface area contributed by atoms with Crippen LogP contribution in [-0.2, 0) is 5.54 Å². The van der Waals surface area contributed by atoms with Gasteiger partial charge in [0.05, 0.1) is 22.1 Å². The molecule has 5 nitrogen and oxygen atoms in total. The first-order valence-corrected chi connectivity index (χ1v) is 6.73. The molecule has 0 saturated carbocycles. The SMILES string of the molecule is CC(CO)(Nc1c(Cl)cccc1[N+](=O)[O-])c1ccccc1. The van der Waals surface area contributed by atoms with Crippen LogP contribution in [0, 0.1) is 10.1 Å². The Balaban J connectivity index is 2.47. The first-order valence-electron chi connectivity index (χ1n) is 6.35. The second kappa shape index (κ2) is 6.11. The maximum Gasteiger partial charge on any atom is 0.293 e. The fourth-order valence-electron chi connectivity index (χ4n) is 2.07. The van der Waals surface area contributed by atoms with E-state index >= 15 is 0 Å². The van der Waals surface area contributed by atoms with Gasteiger partial charge in [0.15, 0.2) is 0 Å². The van der Waals surface area contributed by atoms with E-state index in [2.05, 4.69) is 5.32 Å². The number of anilines is 1. The topological polar surface area (TPSA) is 75.4 Å². The Kier molecular flexibility index (Phi) is 4.45. The Morgan fingerprint density at radius 3 is 2.48 bits per heavy atom. The minimum absolute atomic E-state index is 0.127. The normalized spacial score (nSPS) is 13.5. The number of aliphatic hydroxyl groups is 1. The van der Waals surface area contributed by atoms with Crippen LogP contribution < -0.4 is 5.32 Å². The number of nitrogens with one attached hydrogen (secondary N) is 1. The molecule has 2 N–H and O–H groups in total. The van der Waals surface area contributed by atoms with Crippen molar-refractivity contribution >= 4 is 23.0 Å². The lowest BCUT2D eigenvalue weighted by molar-refractivity contribution is -0.384. The molecular weight excluding hydrogens is 292 g/mol. The Bertz CT molecular complexity index is 649. The molecule has 21 heavy (non-hydrogen) atoms. The van der Waals surface area contributed by atoms with E-state index in [1.165, 1.54) is 12.1 Å². The molecule has 2 aromatic rings. The van der Waals surface area contributed by atoms with Gasteiger partial charge >= 0.3 is 0 Å². The third kappa shape index (κ3) is 3.15. The largest absolute Gasteiger partial charge is 0.394 e. The summed E-state index contributed by atoms with van der Waals surface area (Å²) < 4.78 is 0. The quantitative estimate of drug-likeness (QED) is 0.654. The van der Waals surface area contributed by atoms with Gasteiger partial charge in [-0.15, -0.1) is 0 Å². The van der Waals surface area contributed by atoms with Crippen molar-refractivity contribution in [2.75, 3.05) is 11.9 Å². The van der Waals surface area contributed by atoms with Gasteiger partial charge in [-0.25, -0.2) is 0 Å². The van der Waals surface area contributed by atoms with E-state index in [1.54, 1.807) is 13.0 Å². The number of nitro groups is 1. The van der Waals surface area contributed by atoms with Crippen molar-refractivity contribution in [1.82, 2.24) is 0 Å². The predicted octanol–water partition coefficient (Wildman–Crippen LogP) is 3.57. The van der Waals surface area contributed by atoms with Gasteiger partial charge in [0.1, 0.15) is 5.69 Å². The van der Waals surface area contributed by atoms with Gasteiger partial charge < -0.3 is 10.4 Å². The van der Waals surface area contributed by atoms with E-state index in [4.69, 9.17) is 11.6 Å². The van der Waals surface area contributed by atoms with Crippen molar-refractivity contribution < 1.29 is 10.0 Å². The van der Waals surface area contributed by atoms with Crippen LogP contribution in [0.2, 0.25) is 5.02 Å². The molecule has 0 radical (unpaired) electrons. The highest BCUT2D eigenvalue weighted by Crippen LogP contribution is 2.36. The van der Waals surface area contributed by atoms with Crippen molar-refractivity contribution in [3.8, 4) is 0 Å². The molecule has 1 atom stereocenters. The molecule has 0 heterocycles. The first kappa shape index (κ1) is 15.3. The van der Waals surface area contributed by atoms with E-state index in [1.807, 2.05) is 30.3 Å². The summed E-state index contributed by atoms with van der Waals surface area (Å²) in [6.45, 7) is 1.52. The van der Waals surface area contributed by atoms with Crippen molar-refractivity contribution in [3.05, 3.63) is 69.2 Å². The third-order valence-electron chi connectivity index (χ3n) is 3.32. The molecule has 0 aromatic heterocycles. The lowest BCUT2D eigenvalue weighted by atomic mass is 9.92. The van der Waals surface area contributed by atoms with Crippen molar-refractivity contribution in [1.29, 1.82) is 0 Å². The highest BCUT2D eigenvalue weighted by molar-refractivity contribution is 6.33. The zero-order chi connectivity index (χ0) is 15.5. The predicted molar refractivity (Wildman–Crippen MR) is 82.6 cm³/mol. The summed E-state index contributed by atoms with van der Waals surface area (Å²) in [5, 5.41) is 24.1. The fourth-order valence-corrected chi connectivity index (χ4v) is 2.29. The molecule has 0 amide bonds. The van der Waals surface area contributed by atoms with Crippen molar-refractivity contribution in [2.45, 2.75) is 12.5 Å². The molecule has 0 aliphatic heterocycles. The van der Waals surface area contributed by atoms with Gasteiger partial charge in [0, 0.05) is 6.07 Å². The molecule has 2 rings (SSSR count). The molecule has 6 heteroatoms. The Hall–Kier alpha value is -2.11. The maximum atomic E-state index is 11.1. The molecule has 0 spiro atoms. The van der Waals surface area contributed by atoms with Crippen molar-refractivity contribution in [2.24, 2.45) is 0 Å². The van der Waals surface area contributed by atoms with E-state index in [0.717, 1.165) is 5.56 Å². The summed E-state index contributed by atoms with van der Waals surface area (Å²) in [4.78, 5) is 10.6. The van der Waals surface area contributed by atoms with Crippen LogP contribution in [0.15, 0.2) is 48.5 Å². The lowest BCUT2D eigenvalue weighted by Crippen LogP contribution is -2.36. The Morgan fingerprint density at radius 1 is 1.24 bits per heavy atom. The Labute approximate surface area is 127 Å². The number of nitro benzene ring substituents is 1. The Morgan fingerprint density at radius 2 is 1.90 bits per heavy atom. The van der Waals surface area contributed by atoms with Gasteiger partial charge in [0.25, 0.3) is 5.69 Å². The fraction of sp³-hybridized carbons (Fsp3) is 0.200. The van der Waals surface area contributed by atoms with Gasteiger partial charge in [-0.2, -0.15) is 0 Å². The smallest absolute Gasteiger partial charge is 0.293 e. The van der Waals surface area contributed by atoms with E-state index in [-0.39, 0.29) is 23.0 Å². The summed E-state index contributed by atoms with van der Waals surface area (Å²) in [7, 11) is 0. The minimum atomic E-state index is -0.878. The summed E-state index contributed by atoms with van der Waals surface area (Å²) in [5.74, 6) is 0. The zero-order valence-electron chi connectivity index (χ0n) is 11.4. The number of hydrogen-bond donors (Lipinski definition) is 2. The van der Waals surface area contributed by atoms with Gasteiger partial charge in [-0.1, -0.05) is 48.0 Å². The zero-order valence-corrected chi connectivity index (χ0v) is 12.2. The van der Waals surface area contributed by atoms with Crippen LogP contribution in [0.5, 0.6) is 0 Å². The molecule has 0 aliphatic rings. The number of nitrogens with zero attached hydrogens (tertiary/aromatic N) is 1. The number of para-hydroxylation sites is 1. The van der Waals surface area contributed by atoms with Crippen LogP contribution in [0.4, 0.5) is 11.4 Å². The van der Waals surface area contributed by atoms with Crippen LogP contribution in [0.3, 0.4) is 0 Å². The molecule has 0 saturated heterocycles. The van der Waals surface area contributed by atoms with Crippen LogP contribution in [0.1, 0.15) is 12.5 Å². The number of halogens is 1. The maximum absolute atomic E-state index is 11.1. The first-order chi connectivity index (χ1) is 9.98. The summed E-state index contributed by atoms with van der Waals surface area (Å²) in [5.41, 5.74) is 0.00111. The highest BCUT2D eigenvalue weighted by atomic mass is 35.5. The molecule has 2 aromatic carbocycles. The van der Waals surface area contributed by atoms with Gasteiger partial charge in [-0.05, 0) is 18.6 Å². The summed E-state index contributed by atoms with van der Waals surface area (Å²) in [6.07, 6.45) is 0. The molecule has 1 unspecified atom stereocenters. The second-order valence-electron chi connectivity index (χ2n) is 4.87. The molecule has 0 fully saturated rings. The molecule has 110 valence electrons. The van der Waals surface area contributed by atoms with Gasteiger partial charge in [0.2, 0.25) is 0 Å². The molecule has 0 bridgehead atoms. The van der Waals surface area contributed by atoms with E-state index in [9.17, 15) is 15.2 Å². The number of aliphatic hydroxyl groups excluding tert-OH is 1. The molecular formula is C15H15ClN2O3. The average molecular weight is 307 g/mol. The summed E-state index contributed by atoms with van der Waals surface area (Å²) in [6, 6.07) is 13.7. The van der Waals surface area contributed by atoms with Crippen molar-refractivity contribution in [3.63, 3.8) is 0 Å². The number of hydrogen-bond acceptors (Lipinski definition) is 4. The third-order valence-corrected chi connectivity index (χ3v) is 3.63. The van der Waals surface area contributed by atoms with Crippen LogP contribution >= 0.6 is 11.6 Å². The minimum Gasteiger partial charge on any atom is -0.394 e. The summed E-state index contributed by atoms with van der Waals surface area (Å²) >= 11 is 6.08. The number of benzene rings is 2. The average Bonchev–Trinajstić information content (AvgIpc) is 2.49. The van der Waals surface area contributed by atoms with E-state index in [0.29, 0.717) is 0 Å². The van der Waals surface area contributed by atoms with Gasteiger partial charge in [-0.3, -0.25) is 10.1 Å². The second-order valence-corrected chi connectivity index (χ2v) is 5.28. The van der Waals surface area contributed by atoms with Crippen LogP contribution in [0.25, 0.3) is 0 Å². The monoisotopic (exact) mass is 306 g/mol. The van der Waals surface area contributed by atoms with Crippen LogP contribution in [-0.4, -0.2) is 16.6 Å².